The molecule has 1 fully saturated rings. The third-order valence-electron chi connectivity index (χ3n) is 3.77. The van der Waals surface area contributed by atoms with Gasteiger partial charge in [-0.3, -0.25) is 4.57 Å². The number of rotatable bonds is 4. The average Bonchev–Trinajstić information content (AvgIpc) is 2.75. The highest BCUT2D eigenvalue weighted by Gasteiger charge is 2.33. The summed E-state index contributed by atoms with van der Waals surface area (Å²) in [6.07, 6.45) is 3.16. The van der Waals surface area contributed by atoms with Gasteiger partial charge in [0.15, 0.2) is 0 Å². The first-order valence-electron chi connectivity index (χ1n) is 6.78. The normalized spacial score (nSPS) is 19.7. The Kier molecular flexibility index (Phi) is 4.04. The van der Waals surface area contributed by atoms with Crippen LogP contribution in [-0.2, 0) is 6.54 Å². The monoisotopic (exact) mass is 267 g/mol. The van der Waals surface area contributed by atoms with Crippen LogP contribution in [0.2, 0.25) is 0 Å². The maximum absolute atomic E-state index is 11.2. The number of hydrogen-bond acceptors (Lipinski definition) is 5. The van der Waals surface area contributed by atoms with Crippen molar-refractivity contribution in [2.45, 2.75) is 45.7 Å². The molecule has 19 heavy (non-hydrogen) atoms. The molecule has 0 spiro atoms. The first-order valence-corrected chi connectivity index (χ1v) is 6.78. The zero-order chi connectivity index (χ0) is 14.0. The molecule has 2 rings (SSSR count). The second-order valence-corrected chi connectivity index (χ2v) is 4.89. The van der Waals surface area contributed by atoms with Crippen molar-refractivity contribution in [3.05, 3.63) is 15.9 Å². The highest BCUT2D eigenvalue weighted by Crippen LogP contribution is 2.33. The Bertz CT molecular complexity index is 471. The van der Waals surface area contributed by atoms with E-state index in [1.165, 1.54) is 0 Å². The van der Waals surface area contributed by atoms with E-state index in [9.17, 15) is 10.1 Å². The van der Waals surface area contributed by atoms with E-state index < -0.39 is 4.92 Å². The fourth-order valence-corrected chi connectivity index (χ4v) is 2.85. The molecule has 7 heteroatoms. The fourth-order valence-electron chi connectivity index (χ4n) is 2.85. The molecule has 2 heterocycles. The van der Waals surface area contributed by atoms with Crippen molar-refractivity contribution >= 4 is 11.6 Å². The van der Waals surface area contributed by atoms with Gasteiger partial charge < -0.3 is 20.7 Å². The third kappa shape index (κ3) is 2.42. The summed E-state index contributed by atoms with van der Waals surface area (Å²) in [5, 5.41) is 11.2. The van der Waals surface area contributed by atoms with E-state index in [-0.39, 0.29) is 11.9 Å². The number of piperidine rings is 1. The summed E-state index contributed by atoms with van der Waals surface area (Å²) in [5.74, 6) is 1.27. The second-order valence-electron chi connectivity index (χ2n) is 4.89. The van der Waals surface area contributed by atoms with Crippen molar-refractivity contribution in [3.8, 4) is 0 Å². The van der Waals surface area contributed by atoms with Crippen LogP contribution in [-0.4, -0.2) is 33.6 Å². The van der Waals surface area contributed by atoms with Gasteiger partial charge in [0.25, 0.3) is 0 Å². The molecule has 1 aromatic rings. The molecule has 1 saturated heterocycles. The predicted octanol–water partition coefficient (Wildman–Crippen LogP) is 1.44. The molecule has 1 aliphatic rings. The van der Waals surface area contributed by atoms with Gasteiger partial charge in [-0.05, 0) is 36.1 Å². The van der Waals surface area contributed by atoms with E-state index in [0.29, 0.717) is 24.7 Å². The summed E-state index contributed by atoms with van der Waals surface area (Å²) in [6.45, 7) is 5.79. The number of nitro groups is 1. The van der Waals surface area contributed by atoms with Crippen LogP contribution in [0.25, 0.3) is 0 Å². The van der Waals surface area contributed by atoms with Crippen LogP contribution in [0.15, 0.2) is 0 Å². The highest BCUT2D eigenvalue weighted by atomic mass is 16.6. The molecule has 2 N–H and O–H groups in total. The molecule has 1 atom stereocenters. The SMILES string of the molecule is CCn1c(C)nc([N+](=O)[O-])c1N1CCCCC1CN. The van der Waals surface area contributed by atoms with E-state index >= 15 is 0 Å². The van der Waals surface area contributed by atoms with Crippen molar-refractivity contribution in [2.75, 3.05) is 18.0 Å². The number of nitrogens with zero attached hydrogens (tertiary/aromatic N) is 4. The van der Waals surface area contributed by atoms with Gasteiger partial charge >= 0.3 is 5.82 Å². The van der Waals surface area contributed by atoms with Crippen LogP contribution in [0.4, 0.5) is 11.6 Å². The molecule has 1 aliphatic heterocycles. The number of hydrogen-bond donors (Lipinski definition) is 1. The lowest BCUT2D eigenvalue weighted by Gasteiger charge is -2.36. The Morgan fingerprint density at radius 3 is 2.84 bits per heavy atom. The van der Waals surface area contributed by atoms with Crippen LogP contribution in [0.3, 0.4) is 0 Å². The molecule has 0 aliphatic carbocycles. The van der Waals surface area contributed by atoms with E-state index in [0.717, 1.165) is 25.8 Å². The second kappa shape index (κ2) is 5.56. The summed E-state index contributed by atoms with van der Waals surface area (Å²) >= 11 is 0. The third-order valence-corrected chi connectivity index (χ3v) is 3.77. The van der Waals surface area contributed by atoms with Gasteiger partial charge in [-0.1, -0.05) is 0 Å². The van der Waals surface area contributed by atoms with Gasteiger partial charge in [-0.2, -0.15) is 0 Å². The highest BCUT2D eigenvalue weighted by molar-refractivity contribution is 5.57. The number of imidazole rings is 1. The van der Waals surface area contributed by atoms with Crippen LogP contribution in [0.5, 0.6) is 0 Å². The molecule has 7 nitrogen and oxygen atoms in total. The zero-order valence-electron chi connectivity index (χ0n) is 11.5. The molecular weight excluding hydrogens is 246 g/mol. The Morgan fingerprint density at radius 1 is 1.53 bits per heavy atom. The topological polar surface area (TPSA) is 90.2 Å². The largest absolute Gasteiger partial charge is 0.406 e. The molecule has 0 radical (unpaired) electrons. The summed E-state index contributed by atoms with van der Waals surface area (Å²) in [5.41, 5.74) is 5.81. The molecule has 0 amide bonds. The van der Waals surface area contributed by atoms with Crippen LogP contribution in [0.1, 0.15) is 32.0 Å². The number of nitrogens with two attached hydrogens (primary N) is 1. The van der Waals surface area contributed by atoms with Gasteiger partial charge in [0.1, 0.15) is 0 Å². The van der Waals surface area contributed by atoms with Gasteiger partial charge in [0.2, 0.25) is 11.6 Å². The fraction of sp³-hybridized carbons (Fsp3) is 0.750. The molecule has 1 unspecified atom stereocenters. The summed E-state index contributed by atoms with van der Waals surface area (Å²) in [6, 6.07) is 0.175. The zero-order valence-corrected chi connectivity index (χ0v) is 11.5. The molecule has 0 saturated carbocycles. The summed E-state index contributed by atoms with van der Waals surface area (Å²) < 4.78 is 1.91. The lowest BCUT2D eigenvalue weighted by atomic mass is 10.0. The first kappa shape index (κ1) is 13.8. The van der Waals surface area contributed by atoms with Gasteiger partial charge in [-0.25, -0.2) is 0 Å². The average molecular weight is 267 g/mol. The minimum absolute atomic E-state index is 0.0419. The predicted molar refractivity (Wildman–Crippen MR) is 73.3 cm³/mol. The van der Waals surface area contributed by atoms with Crippen LogP contribution in [0, 0.1) is 17.0 Å². The van der Waals surface area contributed by atoms with Crippen molar-refractivity contribution in [2.24, 2.45) is 5.73 Å². The quantitative estimate of drug-likeness (QED) is 0.658. The number of aryl methyl sites for hydroxylation is 1. The van der Waals surface area contributed by atoms with E-state index in [1.807, 2.05) is 11.5 Å². The first-order chi connectivity index (χ1) is 9.10. The standard InChI is InChI=1S/C12H21N5O2/c1-3-15-9(2)14-11(17(18)19)12(15)16-7-5-4-6-10(16)8-13/h10H,3-8,13H2,1-2H3. The minimum Gasteiger partial charge on any atom is -0.358 e. The summed E-state index contributed by atoms with van der Waals surface area (Å²) in [7, 11) is 0. The molecule has 1 aromatic heterocycles. The Hall–Kier alpha value is -1.63. The van der Waals surface area contributed by atoms with Gasteiger partial charge in [-0.15, -0.1) is 0 Å². The van der Waals surface area contributed by atoms with Crippen LogP contribution < -0.4 is 10.6 Å². The lowest BCUT2D eigenvalue weighted by molar-refractivity contribution is -0.388. The van der Waals surface area contributed by atoms with Gasteiger partial charge in [0.05, 0.1) is 0 Å². The molecule has 0 bridgehead atoms. The lowest BCUT2D eigenvalue weighted by Crippen LogP contribution is -2.45. The van der Waals surface area contributed by atoms with E-state index in [2.05, 4.69) is 9.88 Å². The minimum atomic E-state index is -0.392. The Morgan fingerprint density at radius 2 is 2.26 bits per heavy atom. The number of aromatic nitrogens is 2. The van der Waals surface area contributed by atoms with E-state index in [4.69, 9.17) is 5.73 Å². The Balaban J connectivity index is 2.49. The number of anilines is 1. The van der Waals surface area contributed by atoms with E-state index in [1.54, 1.807) is 6.92 Å². The maximum Gasteiger partial charge on any atom is 0.406 e. The van der Waals surface area contributed by atoms with Crippen molar-refractivity contribution in [1.82, 2.24) is 9.55 Å². The van der Waals surface area contributed by atoms with Gasteiger partial charge in [0, 0.05) is 32.6 Å². The van der Waals surface area contributed by atoms with Crippen LogP contribution >= 0.6 is 0 Å². The van der Waals surface area contributed by atoms with Crippen molar-refractivity contribution < 1.29 is 4.92 Å². The smallest absolute Gasteiger partial charge is 0.358 e. The molecule has 0 aromatic carbocycles. The molecular formula is C12H21N5O2. The molecule has 106 valence electrons. The maximum atomic E-state index is 11.2. The van der Waals surface area contributed by atoms with Crippen molar-refractivity contribution in [1.29, 1.82) is 0 Å². The summed E-state index contributed by atoms with van der Waals surface area (Å²) in [4.78, 5) is 17.0. The van der Waals surface area contributed by atoms with Crippen molar-refractivity contribution in [3.63, 3.8) is 0 Å². The Labute approximate surface area is 112 Å².